The summed E-state index contributed by atoms with van der Waals surface area (Å²) in [5.41, 5.74) is 0.791. The monoisotopic (exact) mass is 266 g/mol. The maximum atomic E-state index is 13.4. The van der Waals surface area contributed by atoms with E-state index >= 15 is 0 Å². The van der Waals surface area contributed by atoms with Gasteiger partial charge in [0.05, 0.1) is 11.0 Å². The van der Waals surface area contributed by atoms with Gasteiger partial charge in [-0.1, -0.05) is 23.9 Å². The van der Waals surface area contributed by atoms with Crippen LogP contribution in [0.2, 0.25) is 0 Å². The minimum absolute atomic E-state index is 0.250. The molecule has 2 rings (SSSR count). The molecule has 0 aliphatic rings. The van der Waals surface area contributed by atoms with E-state index in [1.165, 1.54) is 6.07 Å². The van der Waals surface area contributed by atoms with Gasteiger partial charge in [0, 0.05) is 4.90 Å². The summed E-state index contributed by atoms with van der Waals surface area (Å²) in [5, 5.41) is 9.37. The lowest BCUT2D eigenvalue weighted by Gasteiger charge is -2.07. The van der Waals surface area contributed by atoms with Gasteiger partial charge in [0.2, 0.25) is 0 Å². The van der Waals surface area contributed by atoms with Crippen LogP contribution in [0.5, 0.6) is 0 Å². The van der Waals surface area contributed by atoms with Crippen LogP contribution >= 0.6 is 11.8 Å². The lowest BCUT2D eigenvalue weighted by Crippen LogP contribution is -1.90. The Morgan fingerprint density at radius 2 is 1.72 bits per heavy atom. The van der Waals surface area contributed by atoms with Crippen LogP contribution in [0.3, 0.4) is 0 Å². The molecule has 0 saturated heterocycles. The number of aliphatic hydroxyl groups is 1. The summed E-state index contributed by atoms with van der Waals surface area (Å²) >= 11 is 1.15. The third-order valence-electron chi connectivity index (χ3n) is 2.48. The Bertz CT molecular complexity index is 538. The second kappa shape index (κ2) is 5.50. The first-order chi connectivity index (χ1) is 8.56. The Labute approximate surface area is 108 Å². The van der Waals surface area contributed by atoms with Crippen LogP contribution in [0.25, 0.3) is 0 Å². The third kappa shape index (κ3) is 3.09. The molecule has 0 aliphatic heterocycles. The summed E-state index contributed by atoms with van der Waals surface area (Å²) in [4.78, 5) is 1.05. The van der Waals surface area contributed by atoms with Gasteiger partial charge in [0.25, 0.3) is 0 Å². The lowest BCUT2D eigenvalue weighted by molar-refractivity contribution is 0.199. The van der Waals surface area contributed by atoms with Crippen molar-refractivity contribution in [1.82, 2.24) is 0 Å². The zero-order chi connectivity index (χ0) is 13.1. The first-order valence-corrected chi connectivity index (χ1v) is 6.29. The molecule has 94 valence electrons. The van der Waals surface area contributed by atoms with Gasteiger partial charge in [0.1, 0.15) is 11.6 Å². The number of halogens is 2. The van der Waals surface area contributed by atoms with Crippen LogP contribution in [0.15, 0.2) is 52.3 Å². The third-order valence-corrected chi connectivity index (χ3v) is 3.52. The number of aliphatic hydroxyl groups excluding tert-OH is 1. The first kappa shape index (κ1) is 13.1. The highest BCUT2D eigenvalue weighted by molar-refractivity contribution is 7.99. The standard InChI is InChI=1S/C14H12F2OS/c1-9(17)10-2-5-12(6-3-10)18-14-8-11(15)4-7-13(14)16/h2-9,17H,1H3/t9-/m0/s1. The van der Waals surface area contributed by atoms with Gasteiger partial charge in [-0.3, -0.25) is 0 Å². The molecule has 2 aromatic rings. The van der Waals surface area contributed by atoms with E-state index in [-0.39, 0.29) is 4.90 Å². The highest BCUT2D eigenvalue weighted by Gasteiger charge is 2.06. The maximum Gasteiger partial charge on any atom is 0.137 e. The quantitative estimate of drug-likeness (QED) is 0.899. The minimum Gasteiger partial charge on any atom is -0.389 e. The first-order valence-electron chi connectivity index (χ1n) is 5.47. The zero-order valence-electron chi connectivity index (χ0n) is 9.73. The van der Waals surface area contributed by atoms with E-state index < -0.39 is 17.7 Å². The molecule has 0 aromatic heterocycles. The van der Waals surface area contributed by atoms with Crippen molar-refractivity contribution >= 4 is 11.8 Å². The second-order valence-electron chi connectivity index (χ2n) is 3.92. The molecule has 0 aliphatic carbocycles. The van der Waals surface area contributed by atoms with E-state index in [0.717, 1.165) is 34.4 Å². The molecule has 1 nitrogen and oxygen atoms in total. The van der Waals surface area contributed by atoms with Gasteiger partial charge in [-0.25, -0.2) is 8.78 Å². The number of hydrogen-bond acceptors (Lipinski definition) is 2. The van der Waals surface area contributed by atoms with Crippen LogP contribution in [-0.4, -0.2) is 5.11 Å². The van der Waals surface area contributed by atoms with E-state index in [1.54, 1.807) is 31.2 Å². The van der Waals surface area contributed by atoms with Crippen molar-refractivity contribution in [2.24, 2.45) is 0 Å². The Morgan fingerprint density at radius 3 is 2.33 bits per heavy atom. The molecule has 2 aromatic carbocycles. The van der Waals surface area contributed by atoms with Crippen LogP contribution in [0.4, 0.5) is 8.78 Å². The Balaban J connectivity index is 2.21. The second-order valence-corrected chi connectivity index (χ2v) is 5.04. The fraction of sp³-hybridized carbons (Fsp3) is 0.143. The molecular formula is C14H12F2OS. The smallest absolute Gasteiger partial charge is 0.137 e. The minimum atomic E-state index is -0.532. The summed E-state index contributed by atoms with van der Waals surface area (Å²) in [6.07, 6.45) is -0.532. The molecular weight excluding hydrogens is 254 g/mol. The lowest BCUT2D eigenvalue weighted by atomic mass is 10.1. The van der Waals surface area contributed by atoms with Gasteiger partial charge in [0.15, 0.2) is 0 Å². The molecule has 0 fully saturated rings. The van der Waals surface area contributed by atoms with Gasteiger partial charge in [-0.15, -0.1) is 0 Å². The summed E-state index contributed by atoms with van der Waals surface area (Å²) in [6, 6.07) is 10.5. The molecule has 0 bridgehead atoms. The van der Waals surface area contributed by atoms with E-state index in [1.807, 2.05) is 0 Å². The van der Waals surface area contributed by atoms with Gasteiger partial charge in [-0.2, -0.15) is 0 Å². The van der Waals surface area contributed by atoms with Crippen molar-refractivity contribution in [3.8, 4) is 0 Å². The Hall–Kier alpha value is -1.39. The van der Waals surface area contributed by atoms with Crippen molar-refractivity contribution in [3.05, 3.63) is 59.7 Å². The van der Waals surface area contributed by atoms with E-state index in [2.05, 4.69) is 0 Å². The molecule has 0 amide bonds. The topological polar surface area (TPSA) is 20.2 Å². The predicted molar refractivity (Wildman–Crippen MR) is 67.6 cm³/mol. The van der Waals surface area contributed by atoms with Crippen molar-refractivity contribution in [2.45, 2.75) is 22.8 Å². The predicted octanol–water partition coefficient (Wildman–Crippen LogP) is 4.17. The zero-order valence-corrected chi connectivity index (χ0v) is 10.5. The highest BCUT2D eigenvalue weighted by Crippen LogP contribution is 2.31. The van der Waals surface area contributed by atoms with E-state index in [9.17, 15) is 13.9 Å². The van der Waals surface area contributed by atoms with Gasteiger partial charge in [-0.05, 0) is 42.8 Å². The fourth-order valence-corrected chi connectivity index (χ4v) is 2.36. The van der Waals surface area contributed by atoms with Gasteiger partial charge >= 0.3 is 0 Å². The summed E-state index contributed by atoms with van der Waals surface area (Å²) in [5.74, 6) is -0.902. The number of benzene rings is 2. The highest BCUT2D eigenvalue weighted by atomic mass is 32.2. The van der Waals surface area contributed by atoms with Crippen LogP contribution in [0.1, 0.15) is 18.6 Å². The summed E-state index contributed by atoms with van der Waals surface area (Å²) < 4.78 is 26.4. The Morgan fingerprint density at radius 1 is 1.06 bits per heavy atom. The number of hydrogen-bond donors (Lipinski definition) is 1. The molecule has 0 heterocycles. The van der Waals surface area contributed by atoms with Crippen molar-refractivity contribution in [2.75, 3.05) is 0 Å². The Kier molecular flexibility index (Phi) is 3.99. The van der Waals surface area contributed by atoms with Crippen LogP contribution < -0.4 is 0 Å². The molecule has 1 atom stereocenters. The van der Waals surface area contributed by atoms with E-state index in [0.29, 0.717) is 0 Å². The maximum absolute atomic E-state index is 13.4. The normalized spacial score (nSPS) is 12.4. The molecule has 0 saturated carbocycles. The van der Waals surface area contributed by atoms with Crippen LogP contribution in [-0.2, 0) is 0 Å². The van der Waals surface area contributed by atoms with Crippen LogP contribution in [0, 0.1) is 11.6 Å². The van der Waals surface area contributed by atoms with Crippen molar-refractivity contribution < 1.29 is 13.9 Å². The van der Waals surface area contributed by atoms with Crippen molar-refractivity contribution in [3.63, 3.8) is 0 Å². The number of rotatable bonds is 3. The van der Waals surface area contributed by atoms with Gasteiger partial charge < -0.3 is 5.11 Å². The molecule has 18 heavy (non-hydrogen) atoms. The fourth-order valence-electron chi connectivity index (χ4n) is 1.50. The molecule has 0 unspecified atom stereocenters. The molecule has 1 N–H and O–H groups in total. The summed E-state index contributed by atoms with van der Waals surface area (Å²) in [7, 11) is 0. The molecule has 0 radical (unpaired) electrons. The molecule has 4 heteroatoms. The summed E-state index contributed by atoms with van der Waals surface area (Å²) in [6.45, 7) is 1.67. The van der Waals surface area contributed by atoms with E-state index in [4.69, 9.17) is 0 Å². The molecule has 0 spiro atoms. The average molecular weight is 266 g/mol. The average Bonchev–Trinajstić information content (AvgIpc) is 2.34. The largest absolute Gasteiger partial charge is 0.389 e. The SMILES string of the molecule is C[C@H](O)c1ccc(Sc2cc(F)ccc2F)cc1. The van der Waals surface area contributed by atoms with Crippen molar-refractivity contribution in [1.29, 1.82) is 0 Å².